The molecule has 1 aromatic carbocycles. The highest BCUT2D eigenvalue weighted by Crippen LogP contribution is 2.26. The maximum absolute atomic E-state index is 4.51. The molecule has 0 spiro atoms. The molecule has 2 nitrogen and oxygen atoms in total. The second-order valence-corrected chi connectivity index (χ2v) is 5.69. The molecule has 19 heavy (non-hydrogen) atoms. The number of hydrogen-bond donors (Lipinski definition) is 1. The van der Waals surface area contributed by atoms with Gasteiger partial charge < -0.3 is 5.32 Å². The van der Waals surface area contributed by atoms with Gasteiger partial charge in [-0.25, -0.2) is 4.98 Å². The third-order valence-electron chi connectivity index (χ3n) is 2.77. The van der Waals surface area contributed by atoms with Crippen LogP contribution in [0.3, 0.4) is 0 Å². The van der Waals surface area contributed by atoms with Crippen LogP contribution in [0.25, 0.3) is 0 Å². The molecule has 0 atom stereocenters. The molecule has 0 radical (unpaired) electrons. The molecule has 0 aliphatic heterocycles. The van der Waals surface area contributed by atoms with Gasteiger partial charge in [0.15, 0.2) is 0 Å². The van der Waals surface area contributed by atoms with Crippen molar-refractivity contribution in [2.45, 2.75) is 36.7 Å². The summed E-state index contributed by atoms with van der Waals surface area (Å²) < 4.78 is 0. The predicted molar refractivity (Wildman–Crippen MR) is 81.5 cm³/mol. The normalized spacial score (nSPS) is 10.6. The summed E-state index contributed by atoms with van der Waals surface area (Å²) in [7, 11) is 0. The molecule has 1 heterocycles. The summed E-state index contributed by atoms with van der Waals surface area (Å²) in [5, 5.41) is 4.43. The van der Waals surface area contributed by atoms with Gasteiger partial charge in [-0.3, -0.25) is 0 Å². The van der Waals surface area contributed by atoms with Crippen LogP contribution in [-0.2, 0) is 6.54 Å². The second-order valence-electron chi connectivity index (χ2n) is 4.60. The van der Waals surface area contributed by atoms with E-state index in [1.165, 1.54) is 16.0 Å². The molecule has 0 aliphatic carbocycles. The fourth-order valence-corrected chi connectivity index (χ4v) is 2.66. The van der Waals surface area contributed by atoms with Crippen molar-refractivity contribution >= 4 is 11.8 Å². The standard InChI is InChI=1S/C16H20N2S/c1-3-9-17-11-14-7-8-16(18-12-14)19-15-6-4-5-13(2)10-15/h4-8,10,12,17H,3,9,11H2,1-2H3. The van der Waals surface area contributed by atoms with E-state index >= 15 is 0 Å². The van der Waals surface area contributed by atoms with Crippen LogP contribution < -0.4 is 5.32 Å². The maximum atomic E-state index is 4.51. The van der Waals surface area contributed by atoms with Gasteiger partial charge in [-0.1, -0.05) is 42.4 Å². The second kappa shape index (κ2) is 7.31. The first-order valence-electron chi connectivity index (χ1n) is 6.68. The molecule has 100 valence electrons. The first kappa shape index (κ1) is 14.1. The maximum Gasteiger partial charge on any atom is 0.101 e. The van der Waals surface area contributed by atoms with E-state index in [0.29, 0.717) is 0 Å². The minimum Gasteiger partial charge on any atom is -0.313 e. The van der Waals surface area contributed by atoms with Crippen molar-refractivity contribution in [1.29, 1.82) is 0 Å². The SMILES string of the molecule is CCCNCc1ccc(Sc2cccc(C)c2)nc1. The number of benzene rings is 1. The van der Waals surface area contributed by atoms with Gasteiger partial charge in [-0.05, 0) is 43.7 Å². The molecule has 0 aliphatic rings. The molecule has 0 saturated carbocycles. The number of aromatic nitrogens is 1. The molecule has 0 unspecified atom stereocenters. The molecular formula is C16H20N2S. The van der Waals surface area contributed by atoms with Crippen LogP contribution in [0.5, 0.6) is 0 Å². The molecule has 2 rings (SSSR count). The van der Waals surface area contributed by atoms with Crippen molar-refractivity contribution in [3.8, 4) is 0 Å². The van der Waals surface area contributed by atoms with E-state index in [1.807, 2.05) is 6.20 Å². The average molecular weight is 272 g/mol. The van der Waals surface area contributed by atoms with Gasteiger partial charge in [0.2, 0.25) is 0 Å². The topological polar surface area (TPSA) is 24.9 Å². The smallest absolute Gasteiger partial charge is 0.101 e. The third-order valence-corrected chi connectivity index (χ3v) is 3.71. The molecule has 1 aromatic heterocycles. The molecule has 2 aromatic rings. The number of pyridine rings is 1. The predicted octanol–water partition coefficient (Wildman–Crippen LogP) is 4.04. The number of nitrogens with one attached hydrogen (secondary N) is 1. The molecular weight excluding hydrogens is 252 g/mol. The lowest BCUT2D eigenvalue weighted by atomic mass is 10.2. The lowest BCUT2D eigenvalue weighted by Crippen LogP contribution is -2.13. The van der Waals surface area contributed by atoms with Gasteiger partial charge in [0, 0.05) is 17.6 Å². The van der Waals surface area contributed by atoms with Crippen molar-refractivity contribution in [3.05, 3.63) is 53.7 Å². The highest BCUT2D eigenvalue weighted by Gasteiger charge is 2.00. The van der Waals surface area contributed by atoms with E-state index in [1.54, 1.807) is 11.8 Å². The number of nitrogens with zero attached hydrogens (tertiary/aromatic N) is 1. The zero-order valence-corrected chi connectivity index (χ0v) is 12.3. The van der Waals surface area contributed by atoms with Gasteiger partial charge in [0.25, 0.3) is 0 Å². The van der Waals surface area contributed by atoms with E-state index < -0.39 is 0 Å². The summed E-state index contributed by atoms with van der Waals surface area (Å²) >= 11 is 1.71. The van der Waals surface area contributed by atoms with Gasteiger partial charge in [-0.15, -0.1) is 0 Å². The van der Waals surface area contributed by atoms with Crippen LogP contribution in [0.15, 0.2) is 52.5 Å². The number of aryl methyl sites for hydroxylation is 1. The van der Waals surface area contributed by atoms with E-state index in [-0.39, 0.29) is 0 Å². The molecule has 3 heteroatoms. The minimum atomic E-state index is 0.899. The summed E-state index contributed by atoms with van der Waals surface area (Å²) in [6.45, 7) is 6.24. The van der Waals surface area contributed by atoms with Crippen LogP contribution in [0.4, 0.5) is 0 Å². The zero-order chi connectivity index (χ0) is 13.5. The first-order valence-corrected chi connectivity index (χ1v) is 7.50. The molecule has 0 amide bonds. The Morgan fingerprint density at radius 1 is 1.21 bits per heavy atom. The van der Waals surface area contributed by atoms with Crippen molar-refractivity contribution < 1.29 is 0 Å². The highest BCUT2D eigenvalue weighted by atomic mass is 32.2. The summed E-state index contributed by atoms with van der Waals surface area (Å²) in [4.78, 5) is 5.75. The lowest BCUT2D eigenvalue weighted by Gasteiger charge is -2.05. The summed E-state index contributed by atoms with van der Waals surface area (Å²) in [6.07, 6.45) is 3.12. The van der Waals surface area contributed by atoms with E-state index in [9.17, 15) is 0 Å². The van der Waals surface area contributed by atoms with E-state index in [0.717, 1.165) is 24.5 Å². The fourth-order valence-electron chi connectivity index (χ4n) is 1.78. The average Bonchev–Trinajstić information content (AvgIpc) is 2.41. The highest BCUT2D eigenvalue weighted by molar-refractivity contribution is 7.99. The van der Waals surface area contributed by atoms with E-state index in [4.69, 9.17) is 0 Å². The van der Waals surface area contributed by atoms with Gasteiger partial charge in [-0.2, -0.15) is 0 Å². The summed E-state index contributed by atoms with van der Waals surface area (Å²) in [5.41, 5.74) is 2.52. The Hall–Kier alpha value is -1.32. The Morgan fingerprint density at radius 2 is 2.11 bits per heavy atom. The Kier molecular flexibility index (Phi) is 5.43. The Bertz CT molecular complexity index is 508. The van der Waals surface area contributed by atoms with Gasteiger partial charge in [0.05, 0.1) is 0 Å². The van der Waals surface area contributed by atoms with Crippen molar-refractivity contribution in [3.63, 3.8) is 0 Å². The van der Waals surface area contributed by atoms with Crippen molar-refractivity contribution in [2.75, 3.05) is 6.54 Å². The van der Waals surface area contributed by atoms with Gasteiger partial charge >= 0.3 is 0 Å². The van der Waals surface area contributed by atoms with Crippen LogP contribution in [0.1, 0.15) is 24.5 Å². The monoisotopic (exact) mass is 272 g/mol. The van der Waals surface area contributed by atoms with Gasteiger partial charge in [0.1, 0.15) is 5.03 Å². The number of hydrogen-bond acceptors (Lipinski definition) is 3. The fraction of sp³-hybridized carbons (Fsp3) is 0.312. The summed E-state index contributed by atoms with van der Waals surface area (Å²) in [6, 6.07) is 12.7. The van der Waals surface area contributed by atoms with Crippen LogP contribution in [0.2, 0.25) is 0 Å². The Labute approximate surface area is 119 Å². The molecule has 1 N–H and O–H groups in total. The molecule has 0 bridgehead atoms. The lowest BCUT2D eigenvalue weighted by molar-refractivity contribution is 0.673. The van der Waals surface area contributed by atoms with Crippen LogP contribution >= 0.6 is 11.8 Å². The largest absolute Gasteiger partial charge is 0.313 e. The molecule has 0 fully saturated rings. The van der Waals surface area contributed by atoms with Crippen LogP contribution in [-0.4, -0.2) is 11.5 Å². The minimum absolute atomic E-state index is 0.899. The van der Waals surface area contributed by atoms with Crippen molar-refractivity contribution in [2.24, 2.45) is 0 Å². The summed E-state index contributed by atoms with van der Waals surface area (Å²) in [5.74, 6) is 0. The Balaban J connectivity index is 1.95. The zero-order valence-electron chi connectivity index (χ0n) is 11.5. The number of rotatable bonds is 6. The first-order chi connectivity index (χ1) is 9.28. The van der Waals surface area contributed by atoms with Crippen LogP contribution in [0, 0.1) is 6.92 Å². The third kappa shape index (κ3) is 4.69. The van der Waals surface area contributed by atoms with E-state index in [2.05, 4.69) is 60.5 Å². The Morgan fingerprint density at radius 3 is 2.79 bits per heavy atom. The van der Waals surface area contributed by atoms with Crippen molar-refractivity contribution in [1.82, 2.24) is 10.3 Å². The molecule has 0 saturated heterocycles. The quantitative estimate of drug-likeness (QED) is 0.803.